The van der Waals surface area contributed by atoms with Crippen LogP contribution in [-0.2, 0) is 6.42 Å². The van der Waals surface area contributed by atoms with Crippen molar-refractivity contribution in [2.45, 2.75) is 33.2 Å². The first-order valence-corrected chi connectivity index (χ1v) is 9.10. The first-order valence-electron chi connectivity index (χ1n) is 7.43. The Morgan fingerprint density at radius 3 is 2.71 bits per heavy atom. The van der Waals surface area contributed by atoms with Gasteiger partial charge in [0.25, 0.3) is 0 Å². The SMILES string of the molecule is CCNC(c1cc(Br)ccc1OCC)c1sccc1CC. The van der Waals surface area contributed by atoms with Crippen LogP contribution in [-0.4, -0.2) is 13.2 Å². The fourth-order valence-electron chi connectivity index (χ4n) is 2.47. The molecule has 21 heavy (non-hydrogen) atoms. The summed E-state index contributed by atoms with van der Waals surface area (Å²) < 4.78 is 6.92. The van der Waals surface area contributed by atoms with Crippen LogP contribution in [0.25, 0.3) is 0 Å². The second-order valence-corrected chi connectivity index (χ2v) is 6.63. The van der Waals surface area contributed by atoms with E-state index in [4.69, 9.17) is 4.74 Å². The molecule has 1 atom stereocenters. The molecule has 0 amide bonds. The summed E-state index contributed by atoms with van der Waals surface area (Å²) in [5, 5.41) is 5.79. The van der Waals surface area contributed by atoms with Crippen molar-refractivity contribution in [2.24, 2.45) is 0 Å². The molecule has 0 saturated heterocycles. The Hall–Kier alpha value is -0.840. The Kier molecular flexibility index (Phi) is 6.27. The zero-order chi connectivity index (χ0) is 15.2. The van der Waals surface area contributed by atoms with Crippen LogP contribution in [0.3, 0.4) is 0 Å². The maximum Gasteiger partial charge on any atom is 0.124 e. The molecule has 0 aliphatic carbocycles. The van der Waals surface area contributed by atoms with Crippen LogP contribution in [0.15, 0.2) is 34.1 Å². The number of rotatable bonds is 7. The van der Waals surface area contributed by atoms with Gasteiger partial charge in [-0.2, -0.15) is 0 Å². The van der Waals surface area contributed by atoms with Gasteiger partial charge in [-0.05, 0) is 55.1 Å². The van der Waals surface area contributed by atoms with Crippen molar-refractivity contribution in [1.82, 2.24) is 5.32 Å². The molecule has 114 valence electrons. The highest BCUT2D eigenvalue weighted by atomic mass is 79.9. The Balaban J connectivity index is 2.49. The molecule has 1 aromatic heterocycles. The minimum absolute atomic E-state index is 0.184. The second kappa shape index (κ2) is 7.97. The zero-order valence-corrected chi connectivity index (χ0v) is 15.2. The van der Waals surface area contributed by atoms with E-state index in [1.54, 1.807) is 0 Å². The molecular formula is C17H22BrNOS. The lowest BCUT2D eigenvalue weighted by atomic mass is 10.0. The predicted molar refractivity (Wildman–Crippen MR) is 94.5 cm³/mol. The number of ether oxygens (including phenoxy) is 1. The molecule has 0 saturated carbocycles. The maximum atomic E-state index is 5.83. The summed E-state index contributed by atoms with van der Waals surface area (Å²) in [4.78, 5) is 1.39. The molecule has 0 spiro atoms. The van der Waals surface area contributed by atoms with Crippen LogP contribution < -0.4 is 10.1 Å². The first kappa shape index (κ1) is 16.5. The van der Waals surface area contributed by atoms with Gasteiger partial charge in [0.05, 0.1) is 12.6 Å². The standard InChI is InChI=1S/C17H22BrNOS/c1-4-12-9-10-21-17(12)16(19-5-2)14-11-13(18)7-8-15(14)20-6-3/h7-11,16,19H,4-6H2,1-3H3. The average Bonchev–Trinajstić information content (AvgIpc) is 2.95. The molecule has 2 aromatic rings. The summed E-state index contributed by atoms with van der Waals surface area (Å²) in [6, 6.07) is 8.66. The van der Waals surface area contributed by atoms with Crippen molar-refractivity contribution in [3.63, 3.8) is 0 Å². The van der Waals surface area contributed by atoms with Gasteiger partial charge in [-0.15, -0.1) is 11.3 Å². The summed E-state index contributed by atoms with van der Waals surface area (Å²) in [5.74, 6) is 0.960. The number of hydrogen-bond acceptors (Lipinski definition) is 3. The number of halogens is 1. The van der Waals surface area contributed by atoms with Crippen LogP contribution in [0.1, 0.15) is 42.8 Å². The lowest BCUT2D eigenvalue weighted by molar-refractivity contribution is 0.333. The van der Waals surface area contributed by atoms with E-state index in [0.717, 1.165) is 23.2 Å². The third-order valence-electron chi connectivity index (χ3n) is 3.41. The minimum Gasteiger partial charge on any atom is -0.494 e. The molecule has 4 heteroatoms. The third-order valence-corrected chi connectivity index (χ3v) is 4.93. The fraction of sp³-hybridized carbons (Fsp3) is 0.412. The first-order chi connectivity index (χ1) is 10.2. The maximum absolute atomic E-state index is 5.83. The van der Waals surface area contributed by atoms with Crippen LogP contribution in [0.5, 0.6) is 5.75 Å². The van der Waals surface area contributed by atoms with E-state index in [1.807, 2.05) is 30.4 Å². The van der Waals surface area contributed by atoms with Crippen molar-refractivity contribution in [1.29, 1.82) is 0 Å². The molecule has 0 bridgehead atoms. The normalized spacial score (nSPS) is 12.4. The molecule has 0 radical (unpaired) electrons. The van der Waals surface area contributed by atoms with E-state index in [9.17, 15) is 0 Å². The molecule has 1 unspecified atom stereocenters. The van der Waals surface area contributed by atoms with Gasteiger partial charge in [0.2, 0.25) is 0 Å². The lowest BCUT2D eigenvalue weighted by Gasteiger charge is -2.22. The molecule has 1 aromatic carbocycles. The van der Waals surface area contributed by atoms with Crippen LogP contribution in [0.2, 0.25) is 0 Å². The van der Waals surface area contributed by atoms with Crippen molar-refractivity contribution in [3.05, 3.63) is 50.1 Å². The minimum atomic E-state index is 0.184. The molecule has 0 fully saturated rings. The van der Waals surface area contributed by atoms with Gasteiger partial charge in [-0.1, -0.05) is 29.8 Å². The summed E-state index contributed by atoms with van der Waals surface area (Å²) in [7, 11) is 0. The fourth-order valence-corrected chi connectivity index (χ4v) is 3.94. The number of thiophene rings is 1. The summed E-state index contributed by atoms with van der Waals surface area (Å²) >= 11 is 5.40. The largest absolute Gasteiger partial charge is 0.494 e. The molecule has 2 nitrogen and oxygen atoms in total. The van der Waals surface area contributed by atoms with Crippen molar-refractivity contribution < 1.29 is 4.74 Å². The van der Waals surface area contributed by atoms with Crippen molar-refractivity contribution >= 4 is 27.3 Å². The molecular weight excluding hydrogens is 346 g/mol. The third kappa shape index (κ3) is 3.87. The average molecular weight is 368 g/mol. The molecule has 1 heterocycles. The van der Waals surface area contributed by atoms with Gasteiger partial charge in [0.1, 0.15) is 5.75 Å². The Morgan fingerprint density at radius 1 is 1.24 bits per heavy atom. The Bertz CT molecular complexity index is 582. The lowest BCUT2D eigenvalue weighted by Crippen LogP contribution is -2.22. The highest BCUT2D eigenvalue weighted by Crippen LogP contribution is 2.36. The van der Waals surface area contributed by atoms with Crippen molar-refractivity contribution in [2.75, 3.05) is 13.2 Å². The highest BCUT2D eigenvalue weighted by molar-refractivity contribution is 9.10. The molecule has 2 rings (SSSR count). The van der Waals surface area contributed by atoms with Gasteiger partial charge in [-0.3, -0.25) is 0 Å². The van der Waals surface area contributed by atoms with E-state index in [2.05, 4.69) is 52.6 Å². The number of aryl methyl sites for hydroxylation is 1. The van der Waals surface area contributed by atoms with E-state index >= 15 is 0 Å². The van der Waals surface area contributed by atoms with Crippen LogP contribution >= 0.6 is 27.3 Å². The molecule has 1 N–H and O–H groups in total. The van der Waals surface area contributed by atoms with E-state index in [1.165, 1.54) is 16.0 Å². The molecule has 0 aliphatic rings. The smallest absolute Gasteiger partial charge is 0.124 e. The van der Waals surface area contributed by atoms with E-state index < -0.39 is 0 Å². The zero-order valence-electron chi connectivity index (χ0n) is 12.8. The van der Waals surface area contributed by atoms with Gasteiger partial charge < -0.3 is 10.1 Å². The Morgan fingerprint density at radius 2 is 2.05 bits per heavy atom. The van der Waals surface area contributed by atoms with Gasteiger partial charge >= 0.3 is 0 Å². The monoisotopic (exact) mass is 367 g/mol. The topological polar surface area (TPSA) is 21.3 Å². The van der Waals surface area contributed by atoms with Gasteiger partial charge in [0.15, 0.2) is 0 Å². The van der Waals surface area contributed by atoms with Gasteiger partial charge in [0, 0.05) is 14.9 Å². The van der Waals surface area contributed by atoms with E-state index in [-0.39, 0.29) is 6.04 Å². The van der Waals surface area contributed by atoms with Crippen LogP contribution in [0, 0.1) is 0 Å². The van der Waals surface area contributed by atoms with E-state index in [0.29, 0.717) is 6.61 Å². The van der Waals surface area contributed by atoms with Crippen LogP contribution in [0.4, 0.5) is 0 Å². The summed E-state index contributed by atoms with van der Waals surface area (Å²) in [5.41, 5.74) is 2.61. The predicted octanol–water partition coefficient (Wildman–Crippen LogP) is 5.17. The molecule has 0 aliphatic heterocycles. The number of hydrogen-bond donors (Lipinski definition) is 1. The number of benzene rings is 1. The number of nitrogens with one attached hydrogen (secondary N) is 1. The summed E-state index contributed by atoms with van der Waals surface area (Å²) in [6.45, 7) is 7.97. The second-order valence-electron chi connectivity index (χ2n) is 4.77. The van der Waals surface area contributed by atoms with Gasteiger partial charge in [-0.25, -0.2) is 0 Å². The Labute approximate surface area is 139 Å². The highest BCUT2D eigenvalue weighted by Gasteiger charge is 2.21. The quantitative estimate of drug-likeness (QED) is 0.728. The van der Waals surface area contributed by atoms with Crippen molar-refractivity contribution in [3.8, 4) is 5.75 Å². The summed E-state index contributed by atoms with van der Waals surface area (Å²) in [6.07, 6.45) is 1.05.